The highest BCUT2D eigenvalue weighted by Gasteiger charge is 2.18. The molecule has 0 spiro atoms. The average Bonchev–Trinajstić information content (AvgIpc) is 2.73. The molecular weight excluding hydrogens is 358 g/mol. The molecule has 0 aromatic heterocycles. The van der Waals surface area contributed by atoms with Gasteiger partial charge in [-0.25, -0.2) is 4.79 Å². The first kappa shape index (κ1) is 19.0. The predicted octanol–water partition coefficient (Wildman–Crippen LogP) is 4.38. The minimum Gasteiger partial charge on any atom is -0.457 e. The van der Waals surface area contributed by atoms with Crippen LogP contribution in [0.25, 0.3) is 0 Å². The molecule has 0 radical (unpaired) electrons. The van der Waals surface area contributed by atoms with Crippen LogP contribution in [0.1, 0.15) is 31.8 Å². The molecule has 6 heteroatoms. The number of nitrogens with zero attached hydrogens (tertiary/aromatic N) is 1. The van der Waals surface area contributed by atoms with E-state index in [1.54, 1.807) is 24.3 Å². The molecular formula is C22H17NO5. The first-order valence-electron chi connectivity index (χ1n) is 8.61. The number of ether oxygens (including phenoxy) is 1. The fourth-order valence-electron chi connectivity index (χ4n) is 2.72. The summed E-state index contributed by atoms with van der Waals surface area (Å²) in [5.41, 5.74) is 1.95. The number of carbonyl (C=O) groups is 2. The van der Waals surface area contributed by atoms with Gasteiger partial charge >= 0.3 is 5.97 Å². The summed E-state index contributed by atoms with van der Waals surface area (Å²) in [6.07, 6.45) is 0.188. The molecule has 0 aliphatic heterocycles. The van der Waals surface area contributed by atoms with Crippen LogP contribution < -0.4 is 0 Å². The topological polar surface area (TPSA) is 86.5 Å². The van der Waals surface area contributed by atoms with Gasteiger partial charge in [0.15, 0.2) is 5.78 Å². The monoisotopic (exact) mass is 375 g/mol. The highest BCUT2D eigenvalue weighted by molar-refractivity contribution is 6.07. The zero-order chi connectivity index (χ0) is 19.9. The van der Waals surface area contributed by atoms with E-state index in [1.807, 2.05) is 30.3 Å². The number of hydrogen-bond donors (Lipinski definition) is 0. The Hall–Kier alpha value is -3.80. The largest absolute Gasteiger partial charge is 0.457 e. The van der Waals surface area contributed by atoms with Crippen LogP contribution in [-0.2, 0) is 17.8 Å². The first-order valence-corrected chi connectivity index (χ1v) is 8.61. The fraction of sp³-hybridized carbons (Fsp3) is 0.0909. The molecule has 0 N–H and O–H groups in total. The van der Waals surface area contributed by atoms with E-state index in [4.69, 9.17) is 4.74 Å². The van der Waals surface area contributed by atoms with Crippen molar-refractivity contribution < 1.29 is 19.2 Å². The van der Waals surface area contributed by atoms with E-state index in [9.17, 15) is 19.7 Å². The highest BCUT2D eigenvalue weighted by atomic mass is 16.6. The molecule has 0 aliphatic rings. The van der Waals surface area contributed by atoms with Crippen LogP contribution in [0, 0.1) is 10.1 Å². The number of esters is 1. The minimum absolute atomic E-state index is 0.0352. The smallest absolute Gasteiger partial charge is 0.339 e. The van der Waals surface area contributed by atoms with Crippen molar-refractivity contribution >= 4 is 17.4 Å². The van der Waals surface area contributed by atoms with Crippen molar-refractivity contribution in [1.29, 1.82) is 0 Å². The molecule has 3 rings (SSSR count). The van der Waals surface area contributed by atoms with Crippen LogP contribution in [0.15, 0.2) is 78.9 Å². The van der Waals surface area contributed by atoms with Crippen LogP contribution in [0.4, 0.5) is 5.69 Å². The normalized spacial score (nSPS) is 10.3. The van der Waals surface area contributed by atoms with E-state index in [-0.39, 0.29) is 30.1 Å². The van der Waals surface area contributed by atoms with Gasteiger partial charge in [0.25, 0.3) is 5.69 Å². The Bertz CT molecular complexity index is 997. The third-order valence-electron chi connectivity index (χ3n) is 4.17. The zero-order valence-corrected chi connectivity index (χ0v) is 14.9. The molecule has 0 unspecified atom stereocenters. The SMILES string of the molecule is O=C(Cc1ccccc1)c1ccccc1C(=O)OCc1ccc([N+](=O)[O-])cc1. The van der Waals surface area contributed by atoms with Crippen molar-refractivity contribution in [3.8, 4) is 0 Å². The molecule has 0 saturated carbocycles. The molecule has 3 aromatic rings. The molecule has 140 valence electrons. The molecule has 6 nitrogen and oxygen atoms in total. The minimum atomic E-state index is -0.615. The van der Waals surface area contributed by atoms with Crippen LogP contribution in [-0.4, -0.2) is 16.7 Å². The number of ketones is 1. The maximum absolute atomic E-state index is 12.6. The summed E-state index contributed by atoms with van der Waals surface area (Å²) >= 11 is 0. The van der Waals surface area contributed by atoms with Gasteiger partial charge < -0.3 is 4.74 Å². The lowest BCUT2D eigenvalue weighted by molar-refractivity contribution is -0.384. The molecule has 0 amide bonds. The molecule has 0 aliphatic carbocycles. The lowest BCUT2D eigenvalue weighted by Crippen LogP contribution is -2.13. The average molecular weight is 375 g/mol. The standard InChI is InChI=1S/C22H17NO5/c24-21(14-16-6-2-1-3-7-16)19-8-4-5-9-20(19)22(25)28-15-17-10-12-18(13-11-17)23(26)27/h1-13H,14-15H2. The third kappa shape index (κ3) is 4.67. The summed E-state index contributed by atoms with van der Waals surface area (Å²) < 4.78 is 5.29. The Balaban J connectivity index is 1.70. The Morgan fingerprint density at radius 2 is 1.39 bits per heavy atom. The molecule has 0 bridgehead atoms. The number of nitro benzene ring substituents is 1. The Morgan fingerprint density at radius 3 is 2.04 bits per heavy atom. The second kappa shape index (κ2) is 8.73. The van der Waals surface area contributed by atoms with E-state index in [1.165, 1.54) is 24.3 Å². The van der Waals surface area contributed by atoms with E-state index in [0.29, 0.717) is 11.1 Å². The van der Waals surface area contributed by atoms with Crippen molar-refractivity contribution in [3.05, 3.63) is 111 Å². The molecule has 0 heterocycles. The van der Waals surface area contributed by atoms with Gasteiger partial charge in [-0.15, -0.1) is 0 Å². The number of hydrogen-bond acceptors (Lipinski definition) is 5. The summed E-state index contributed by atoms with van der Waals surface area (Å²) in [4.78, 5) is 35.3. The van der Waals surface area contributed by atoms with E-state index < -0.39 is 10.9 Å². The summed E-state index contributed by atoms with van der Waals surface area (Å²) in [7, 11) is 0. The van der Waals surface area contributed by atoms with Crippen molar-refractivity contribution in [2.45, 2.75) is 13.0 Å². The second-order valence-corrected chi connectivity index (χ2v) is 6.13. The van der Waals surface area contributed by atoms with Gasteiger partial charge in [0.2, 0.25) is 0 Å². The number of benzene rings is 3. The van der Waals surface area contributed by atoms with Crippen molar-refractivity contribution in [2.75, 3.05) is 0 Å². The molecule has 0 saturated heterocycles. The Labute approximate surface area is 161 Å². The summed E-state index contributed by atoms with van der Waals surface area (Å²) in [5, 5.41) is 10.7. The Morgan fingerprint density at radius 1 is 0.786 bits per heavy atom. The number of Topliss-reactive ketones (excluding diaryl/α,β-unsaturated/α-hetero) is 1. The quantitative estimate of drug-likeness (QED) is 0.265. The zero-order valence-electron chi connectivity index (χ0n) is 14.9. The summed E-state index contributed by atoms with van der Waals surface area (Å²) in [5.74, 6) is -0.788. The third-order valence-corrected chi connectivity index (χ3v) is 4.17. The second-order valence-electron chi connectivity index (χ2n) is 6.13. The van der Waals surface area contributed by atoms with Crippen molar-refractivity contribution in [2.24, 2.45) is 0 Å². The van der Waals surface area contributed by atoms with E-state index >= 15 is 0 Å². The maximum atomic E-state index is 12.6. The molecule has 3 aromatic carbocycles. The fourth-order valence-corrected chi connectivity index (χ4v) is 2.72. The molecule has 0 atom stereocenters. The van der Waals surface area contributed by atoms with Gasteiger partial charge in [-0.2, -0.15) is 0 Å². The lowest BCUT2D eigenvalue weighted by Gasteiger charge is -2.09. The lowest BCUT2D eigenvalue weighted by atomic mass is 9.98. The summed E-state index contributed by atoms with van der Waals surface area (Å²) in [6, 6.07) is 21.6. The van der Waals surface area contributed by atoms with Gasteiger partial charge in [0.05, 0.1) is 10.5 Å². The van der Waals surface area contributed by atoms with Crippen LogP contribution >= 0.6 is 0 Å². The highest BCUT2D eigenvalue weighted by Crippen LogP contribution is 2.16. The first-order chi connectivity index (χ1) is 13.5. The van der Waals surface area contributed by atoms with E-state index in [2.05, 4.69) is 0 Å². The number of carbonyl (C=O) groups excluding carboxylic acids is 2. The van der Waals surface area contributed by atoms with Crippen molar-refractivity contribution in [1.82, 2.24) is 0 Å². The van der Waals surface area contributed by atoms with Gasteiger partial charge in [-0.05, 0) is 29.3 Å². The maximum Gasteiger partial charge on any atom is 0.339 e. The van der Waals surface area contributed by atoms with Crippen LogP contribution in [0.5, 0.6) is 0 Å². The van der Waals surface area contributed by atoms with Gasteiger partial charge in [-0.3, -0.25) is 14.9 Å². The number of rotatable bonds is 7. The summed E-state index contributed by atoms with van der Waals surface area (Å²) in [6.45, 7) is -0.0436. The van der Waals surface area contributed by atoms with Crippen molar-refractivity contribution in [3.63, 3.8) is 0 Å². The van der Waals surface area contributed by atoms with Gasteiger partial charge in [0.1, 0.15) is 6.61 Å². The van der Waals surface area contributed by atoms with Gasteiger partial charge in [0, 0.05) is 24.1 Å². The predicted molar refractivity (Wildman–Crippen MR) is 103 cm³/mol. The number of non-ortho nitro benzene ring substituents is 1. The van der Waals surface area contributed by atoms with Gasteiger partial charge in [-0.1, -0.05) is 48.5 Å². The number of nitro groups is 1. The molecule has 0 fully saturated rings. The van der Waals surface area contributed by atoms with Crippen LogP contribution in [0.2, 0.25) is 0 Å². The molecule has 28 heavy (non-hydrogen) atoms. The van der Waals surface area contributed by atoms with E-state index in [0.717, 1.165) is 5.56 Å². The Kier molecular flexibility index (Phi) is 5.91. The van der Waals surface area contributed by atoms with Crippen LogP contribution in [0.3, 0.4) is 0 Å².